The van der Waals surface area contributed by atoms with Crippen molar-refractivity contribution < 1.29 is 14.6 Å². The van der Waals surface area contributed by atoms with Crippen LogP contribution in [-0.4, -0.2) is 27.5 Å². The molecule has 114 valence electrons. The van der Waals surface area contributed by atoms with Crippen molar-refractivity contribution >= 4 is 5.97 Å². The monoisotopic (exact) mass is 299 g/mol. The van der Waals surface area contributed by atoms with Crippen LogP contribution in [0.1, 0.15) is 26.3 Å². The molecule has 1 heterocycles. The van der Waals surface area contributed by atoms with E-state index >= 15 is 0 Å². The van der Waals surface area contributed by atoms with Crippen molar-refractivity contribution in [1.82, 2.24) is 9.78 Å². The predicted octanol–water partition coefficient (Wildman–Crippen LogP) is 2.64. The minimum Gasteiger partial charge on any atom is -0.482 e. The van der Waals surface area contributed by atoms with Crippen molar-refractivity contribution in [3.05, 3.63) is 36.2 Å². The van der Waals surface area contributed by atoms with Gasteiger partial charge in [0, 0.05) is 17.3 Å². The quantitative estimate of drug-likeness (QED) is 0.937. The maximum atomic E-state index is 10.6. The number of rotatable bonds is 4. The van der Waals surface area contributed by atoms with Gasteiger partial charge in [-0.2, -0.15) is 10.4 Å². The normalized spacial score (nSPS) is 11.0. The number of ether oxygens (including phenoxy) is 1. The molecule has 6 nitrogen and oxygen atoms in total. The molecule has 0 bridgehead atoms. The fourth-order valence-electron chi connectivity index (χ4n) is 1.92. The van der Waals surface area contributed by atoms with Gasteiger partial charge in [-0.25, -0.2) is 4.79 Å². The van der Waals surface area contributed by atoms with Crippen LogP contribution >= 0.6 is 0 Å². The highest BCUT2D eigenvalue weighted by Crippen LogP contribution is 2.28. The maximum Gasteiger partial charge on any atom is 0.341 e. The first-order chi connectivity index (χ1) is 10.3. The summed E-state index contributed by atoms with van der Waals surface area (Å²) >= 11 is 0. The first-order valence-electron chi connectivity index (χ1n) is 6.75. The second kappa shape index (κ2) is 5.90. The number of nitrogens with zero attached hydrogens (tertiary/aromatic N) is 3. The molecule has 0 aliphatic carbocycles. The second-order valence-corrected chi connectivity index (χ2v) is 5.85. The number of carbonyl (C=O) groups is 1. The SMILES string of the molecule is CC(C)(C)n1cc(-c2cc(OCC(=O)O)ccc2C#N)cn1. The summed E-state index contributed by atoms with van der Waals surface area (Å²) in [7, 11) is 0. The Morgan fingerprint density at radius 1 is 1.45 bits per heavy atom. The number of carboxylic acid groups (broad SMARTS) is 1. The van der Waals surface area contributed by atoms with E-state index < -0.39 is 12.6 Å². The molecule has 0 fully saturated rings. The van der Waals surface area contributed by atoms with Gasteiger partial charge in [0.15, 0.2) is 6.61 Å². The van der Waals surface area contributed by atoms with E-state index in [1.807, 2.05) is 31.6 Å². The van der Waals surface area contributed by atoms with Gasteiger partial charge < -0.3 is 9.84 Å². The molecule has 0 aliphatic rings. The third-order valence-corrected chi connectivity index (χ3v) is 3.05. The number of hydrogen-bond acceptors (Lipinski definition) is 4. The zero-order valence-electron chi connectivity index (χ0n) is 12.7. The second-order valence-electron chi connectivity index (χ2n) is 5.85. The van der Waals surface area contributed by atoms with Crippen molar-refractivity contribution in [3.8, 4) is 22.9 Å². The van der Waals surface area contributed by atoms with Gasteiger partial charge in [-0.1, -0.05) is 0 Å². The summed E-state index contributed by atoms with van der Waals surface area (Å²) < 4.78 is 6.98. The molecule has 2 rings (SSSR count). The Labute approximate surface area is 128 Å². The lowest BCUT2D eigenvalue weighted by molar-refractivity contribution is -0.139. The van der Waals surface area contributed by atoms with Crippen LogP contribution in [0.4, 0.5) is 0 Å². The van der Waals surface area contributed by atoms with Gasteiger partial charge in [0.25, 0.3) is 0 Å². The Morgan fingerprint density at radius 3 is 2.73 bits per heavy atom. The summed E-state index contributed by atoms with van der Waals surface area (Å²) in [6.07, 6.45) is 3.54. The molecule has 6 heteroatoms. The van der Waals surface area contributed by atoms with Gasteiger partial charge in [-0.15, -0.1) is 0 Å². The third kappa shape index (κ3) is 3.44. The summed E-state index contributed by atoms with van der Waals surface area (Å²) in [6, 6.07) is 6.98. The van der Waals surface area contributed by atoms with Gasteiger partial charge in [0.05, 0.1) is 23.4 Å². The molecule has 1 aromatic carbocycles. The zero-order chi connectivity index (χ0) is 16.3. The van der Waals surface area contributed by atoms with Gasteiger partial charge in [0.1, 0.15) is 5.75 Å². The molecule has 2 aromatic rings. The first-order valence-corrected chi connectivity index (χ1v) is 6.75. The van der Waals surface area contributed by atoms with Gasteiger partial charge in [-0.3, -0.25) is 4.68 Å². The molecule has 0 saturated carbocycles. The van der Waals surface area contributed by atoms with Crippen molar-refractivity contribution in [1.29, 1.82) is 5.26 Å². The fourth-order valence-corrected chi connectivity index (χ4v) is 1.92. The highest BCUT2D eigenvalue weighted by atomic mass is 16.5. The van der Waals surface area contributed by atoms with E-state index in [9.17, 15) is 10.1 Å². The van der Waals surface area contributed by atoms with E-state index in [2.05, 4.69) is 11.2 Å². The molecule has 22 heavy (non-hydrogen) atoms. The summed E-state index contributed by atoms with van der Waals surface area (Å²) in [4.78, 5) is 10.6. The molecule has 0 aliphatic heterocycles. The molecule has 0 unspecified atom stereocenters. The number of aliphatic carboxylic acids is 1. The van der Waals surface area contributed by atoms with E-state index in [4.69, 9.17) is 9.84 Å². The molecule has 0 saturated heterocycles. The standard InChI is InChI=1S/C16H17N3O3/c1-16(2,3)19-9-12(8-18-19)14-6-13(22-10-15(20)21)5-4-11(14)7-17/h4-6,8-9H,10H2,1-3H3,(H,20,21). The van der Waals surface area contributed by atoms with Crippen molar-refractivity contribution in [3.63, 3.8) is 0 Å². The topological polar surface area (TPSA) is 88.1 Å². The Bertz CT molecular complexity index is 736. The lowest BCUT2D eigenvalue weighted by Gasteiger charge is -2.18. The van der Waals surface area contributed by atoms with Gasteiger partial charge >= 0.3 is 5.97 Å². The Kier molecular flexibility index (Phi) is 4.18. The van der Waals surface area contributed by atoms with E-state index in [0.29, 0.717) is 16.9 Å². The van der Waals surface area contributed by atoms with Crippen LogP contribution in [0.3, 0.4) is 0 Å². The van der Waals surface area contributed by atoms with E-state index in [0.717, 1.165) is 5.56 Å². The van der Waals surface area contributed by atoms with Gasteiger partial charge in [-0.05, 0) is 39.0 Å². The summed E-state index contributed by atoms with van der Waals surface area (Å²) in [5.74, 6) is -0.647. The minimum absolute atomic E-state index is 0.164. The Hall–Kier alpha value is -2.81. The van der Waals surface area contributed by atoms with Gasteiger partial charge in [0.2, 0.25) is 0 Å². The van der Waals surface area contributed by atoms with Crippen LogP contribution in [0.2, 0.25) is 0 Å². The lowest BCUT2D eigenvalue weighted by Crippen LogP contribution is -2.21. The van der Waals surface area contributed by atoms with Crippen LogP contribution in [0.15, 0.2) is 30.6 Å². The Morgan fingerprint density at radius 2 is 2.18 bits per heavy atom. The van der Waals surface area contributed by atoms with Crippen LogP contribution in [-0.2, 0) is 10.3 Å². The molecule has 0 amide bonds. The number of nitriles is 1. The average molecular weight is 299 g/mol. The largest absolute Gasteiger partial charge is 0.482 e. The zero-order valence-corrected chi connectivity index (χ0v) is 12.7. The molecular weight excluding hydrogens is 282 g/mol. The molecule has 1 N–H and O–H groups in total. The van der Waals surface area contributed by atoms with Crippen LogP contribution in [0, 0.1) is 11.3 Å². The van der Waals surface area contributed by atoms with Crippen LogP contribution in [0.25, 0.3) is 11.1 Å². The molecular formula is C16H17N3O3. The number of aromatic nitrogens is 2. The summed E-state index contributed by atoms with van der Waals surface area (Å²) in [5.41, 5.74) is 1.77. The Balaban J connectivity index is 2.40. The highest BCUT2D eigenvalue weighted by Gasteiger charge is 2.16. The third-order valence-electron chi connectivity index (χ3n) is 3.05. The molecule has 0 spiro atoms. The predicted molar refractivity (Wildman–Crippen MR) is 80.5 cm³/mol. The number of hydrogen-bond donors (Lipinski definition) is 1. The van der Waals surface area contributed by atoms with Crippen LogP contribution in [0.5, 0.6) is 5.75 Å². The first kappa shape index (κ1) is 15.6. The molecule has 1 aromatic heterocycles. The lowest BCUT2D eigenvalue weighted by atomic mass is 10.0. The molecule has 0 atom stereocenters. The fraction of sp³-hybridized carbons (Fsp3) is 0.312. The number of benzene rings is 1. The number of carboxylic acids is 1. The van der Waals surface area contributed by atoms with Crippen molar-refractivity contribution in [2.45, 2.75) is 26.3 Å². The molecule has 0 radical (unpaired) electrons. The minimum atomic E-state index is -1.05. The van der Waals surface area contributed by atoms with E-state index in [1.54, 1.807) is 24.4 Å². The summed E-state index contributed by atoms with van der Waals surface area (Å²) in [6.45, 7) is 5.66. The summed E-state index contributed by atoms with van der Waals surface area (Å²) in [5, 5.41) is 22.2. The average Bonchev–Trinajstić information content (AvgIpc) is 2.94. The van der Waals surface area contributed by atoms with Crippen molar-refractivity contribution in [2.24, 2.45) is 0 Å². The van der Waals surface area contributed by atoms with E-state index in [1.165, 1.54) is 0 Å². The maximum absolute atomic E-state index is 10.6. The smallest absolute Gasteiger partial charge is 0.341 e. The van der Waals surface area contributed by atoms with E-state index in [-0.39, 0.29) is 5.54 Å². The van der Waals surface area contributed by atoms with Crippen LogP contribution < -0.4 is 4.74 Å². The van der Waals surface area contributed by atoms with Crippen molar-refractivity contribution in [2.75, 3.05) is 6.61 Å². The highest BCUT2D eigenvalue weighted by molar-refractivity contribution is 5.72.